The van der Waals surface area contributed by atoms with Gasteiger partial charge in [-0.15, -0.1) is 0 Å². The van der Waals surface area contributed by atoms with E-state index in [-0.39, 0.29) is 23.3 Å². The third kappa shape index (κ3) is 1.28. The van der Waals surface area contributed by atoms with Gasteiger partial charge in [0.1, 0.15) is 5.69 Å². The minimum absolute atomic E-state index is 0.137. The number of phenolic OH excluding ortho intramolecular Hbond substituents is 1. The van der Waals surface area contributed by atoms with Gasteiger partial charge in [-0.05, 0) is 6.07 Å². The first-order valence-corrected chi connectivity index (χ1v) is 4.08. The van der Waals surface area contributed by atoms with E-state index in [0.29, 0.717) is 12.4 Å². The zero-order valence-corrected chi connectivity index (χ0v) is 7.47. The highest BCUT2D eigenvalue weighted by atomic mass is 35.5. The Morgan fingerprint density at radius 2 is 2.31 bits per heavy atom. The summed E-state index contributed by atoms with van der Waals surface area (Å²) in [6, 6.07) is 1.59. The second-order valence-electron chi connectivity index (χ2n) is 2.72. The van der Waals surface area contributed by atoms with Gasteiger partial charge < -0.3 is 20.3 Å². The third-order valence-corrected chi connectivity index (χ3v) is 2.15. The van der Waals surface area contributed by atoms with E-state index in [0.717, 1.165) is 5.56 Å². The Bertz CT molecular complexity index is 354. The minimum atomic E-state index is -0.137. The van der Waals surface area contributed by atoms with Gasteiger partial charge in [0.25, 0.3) is 0 Å². The Labute approximate surface area is 79.8 Å². The molecule has 0 radical (unpaired) electrons. The van der Waals surface area contributed by atoms with E-state index in [1.807, 2.05) is 0 Å². The smallest absolute Gasteiger partial charge is 0.189 e. The maximum absolute atomic E-state index is 9.38. The van der Waals surface area contributed by atoms with Gasteiger partial charge in [-0.3, -0.25) is 0 Å². The van der Waals surface area contributed by atoms with Crippen LogP contribution in [-0.2, 0) is 11.3 Å². The molecule has 0 aromatic heterocycles. The number of hydrogen-bond donors (Lipinski definition) is 2. The Kier molecular flexibility index (Phi) is 1.94. The first-order chi connectivity index (χ1) is 6.20. The summed E-state index contributed by atoms with van der Waals surface area (Å²) in [5, 5.41) is 9.60. The second kappa shape index (κ2) is 2.97. The minimum Gasteiger partial charge on any atom is -0.504 e. The fourth-order valence-electron chi connectivity index (χ4n) is 1.23. The van der Waals surface area contributed by atoms with Crippen LogP contribution in [0.15, 0.2) is 6.07 Å². The van der Waals surface area contributed by atoms with Gasteiger partial charge >= 0.3 is 0 Å². The lowest BCUT2D eigenvalue weighted by Gasteiger charge is -2.20. The Morgan fingerprint density at radius 3 is 3.08 bits per heavy atom. The molecule has 1 aromatic rings. The van der Waals surface area contributed by atoms with Gasteiger partial charge in [0.2, 0.25) is 0 Å². The van der Waals surface area contributed by atoms with Crippen LogP contribution in [-0.4, -0.2) is 11.9 Å². The molecule has 0 unspecified atom stereocenters. The monoisotopic (exact) mass is 201 g/mol. The van der Waals surface area contributed by atoms with Crippen molar-refractivity contribution in [3.05, 3.63) is 16.7 Å². The summed E-state index contributed by atoms with van der Waals surface area (Å²) in [6.07, 6.45) is 0. The lowest BCUT2D eigenvalue weighted by atomic mass is 10.1. The lowest BCUT2D eigenvalue weighted by Crippen LogP contribution is -2.13. The SMILES string of the molecule is Nc1c(O)c(Cl)cc2c1OCOC2. The maximum atomic E-state index is 9.38. The van der Waals surface area contributed by atoms with Crippen LogP contribution in [0.4, 0.5) is 5.69 Å². The van der Waals surface area contributed by atoms with E-state index in [4.69, 9.17) is 26.8 Å². The molecule has 0 saturated heterocycles. The highest BCUT2D eigenvalue weighted by Gasteiger charge is 2.18. The predicted molar refractivity (Wildman–Crippen MR) is 47.8 cm³/mol. The maximum Gasteiger partial charge on any atom is 0.189 e. The zero-order chi connectivity index (χ0) is 9.42. The van der Waals surface area contributed by atoms with Crippen molar-refractivity contribution in [2.24, 2.45) is 0 Å². The van der Waals surface area contributed by atoms with Crippen molar-refractivity contribution in [2.45, 2.75) is 6.61 Å². The van der Waals surface area contributed by atoms with Gasteiger partial charge in [-0.2, -0.15) is 0 Å². The van der Waals surface area contributed by atoms with Gasteiger partial charge in [-0.25, -0.2) is 0 Å². The summed E-state index contributed by atoms with van der Waals surface area (Å²) in [7, 11) is 0. The number of benzene rings is 1. The number of halogens is 1. The van der Waals surface area contributed by atoms with Crippen molar-refractivity contribution >= 4 is 17.3 Å². The normalized spacial score (nSPS) is 14.8. The molecule has 0 aliphatic carbocycles. The molecule has 0 amide bonds. The zero-order valence-electron chi connectivity index (χ0n) is 6.71. The number of fused-ring (bicyclic) bond motifs is 1. The summed E-state index contributed by atoms with van der Waals surface area (Å²) in [5.41, 5.74) is 6.52. The molecule has 1 heterocycles. The summed E-state index contributed by atoms with van der Waals surface area (Å²) < 4.78 is 10.2. The lowest BCUT2D eigenvalue weighted by molar-refractivity contribution is -0.0159. The summed E-state index contributed by atoms with van der Waals surface area (Å²) >= 11 is 5.71. The average molecular weight is 202 g/mol. The van der Waals surface area contributed by atoms with Crippen LogP contribution >= 0.6 is 11.6 Å². The standard InChI is InChI=1S/C8H8ClNO3/c9-5-1-4-2-12-3-13-8(4)6(10)7(5)11/h1,11H,2-3,10H2. The molecule has 0 fully saturated rings. The molecule has 3 N–H and O–H groups in total. The van der Waals surface area contributed by atoms with Crippen molar-refractivity contribution in [1.82, 2.24) is 0 Å². The summed E-state index contributed by atoms with van der Waals surface area (Å²) in [6.45, 7) is 0.553. The van der Waals surface area contributed by atoms with Crippen LogP contribution in [0.1, 0.15) is 5.56 Å². The molecule has 1 aromatic carbocycles. The first-order valence-electron chi connectivity index (χ1n) is 3.70. The van der Waals surface area contributed by atoms with Gasteiger partial charge in [0, 0.05) is 5.56 Å². The van der Waals surface area contributed by atoms with Crippen LogP contribution < -0.4 is 10.5 Å². The number of nitrogens with two attached hydrogens (primary N) is 1. The molecule has 0 spiro atoms. The Balaban J connectivity index is 2.60. The molecular formula is C8H8ClNO3. The highest BCUT2D eigenvalue weighted by molar-refractivity contribution is 6.32. The molecule has 2 rings (SSSR count). The molecule has 0 bridgehead atoms. The van der Waals surface area contributed by atoms with E-state index in [9.17, 15) is 5.11 Å². The van der Waals surface area contributed by atoms with Crippen LogP contribution in [0.5, 0.6) is 11.5 Å². The number of phenols is 1. The number of ether oxygens (including phenoxy) is 2. The molecule has 0 atom stereocenters. The Hall–Kier alpha value is -1.13. The molecule has 70 valence electrons. The number of hydrogen-bond acceptors (Lipinski definition) is 4. The van der Waals surface area contributed by atoms with Crippen molar-refractivity contribution < 1.29 is 14.6 Å². The average Bonchev–Trinajstić information content (AvgIpc) is 2.15. The number of rotatable bonds is 0. The fraction of sp³-hybridized carbons (Fsp3) is 0.250. The molecular weight excluding hydrogens is 194 g/mol. The van der Waals surface area contributed by atoms with Crippen molar-refractivity contribution in [1.29, 1.82) is 0 Å². The van der Waals surface area contributed by atoms with Crippen LogP contribution in [0.3, 0.4) is 0 Å². The third-order valence-electron chi connectivity index (χ3n) is 1.86. The van der Waals surface area contributed by atoms with Gasteiger partial charge in [-0.1, -0.05) is 11.6 Å². The second-order valence-corrected chi connectivity index (χ2v) is 3.13. The number of anilines is 1. The summed E-state index contributed by atoms with van der Waals surface area (Å²) in [5.74, 6) is 0.329. The van der Waals surface area contributed by atoms with Crippen molar-refractivity contribution in [2.75, 3.05) is 12.5 Å². The molecule has 1 aliphatic rings. The number of nitrogen functional groups attached to an aromatic ring is 1. The van der Waals surface area contributed by atoms with E-state index in [1.54, 1.807) is 6.07 Å². The first kappa shape index (κ1) is 8.47. The van der Waals surface area contributed by atoms with Gasteiger partial charge in [0.05, 0.1) is 11.6 Å². The van der Waals surface area contributed by atoms with E-state index in [2.05, 4.69) is 0 Å². The molecule has 1 aliphatic heterocycles. The molecule has 4 nitrogen and oxygen atoms in total. The molecule has 13 heavy (non-hydrogen) atoms. The highest BCUT2D eigenvalue weighted by Crippen LogP contribution is 2.41. The summed E-state index contributed by atoms with van der Waals surface area (Å²) in [4.78, 5) is 0. The van der Waals surface area contributed by atoms with Crippen LogP contribution in [0.25, 0.3) is 0 Å². The van der Waals surface area contributed by atoms with Crippen molar-refractivity contribution in [3.8, 4) is 11.5 Å². The topological polar surface area (TPSA) is 64.7 Å². The largest absolute Gasteiger partial charge is 0.504 e. The van der Waals surface area contributed by atoms with E-state index in [1.165, 1.54) is 0 Å². The van der Waals surface area contributed by atoms with Crippen LogP contribution in [0, 0.1) is 0 Å². The molecule has 0 saturated carbocycles. The van der Waals surface area contributed by atoms with Gasteiger partial charge in [0.15, 0.2) is 18.3 Å². The van der Waals surface area contributed by atoms with Crippen molar-refractivity contribution in [3.63, 3.8) is 0 Å². The quantitative estimate of drug-likeness (QED) is 0.493. The number of aromatic hydroxyl groups is 1. The predicted octanol–water partition coefficient (Wildman–Crippen LogP) is 1.49. The molecule has 5 heteroatoms. The van der Waals surface area contributed by atoms with E-state index >= 15 is 0 Å². The van der Waals surface area contributed by atoms with Crippen LogP contribution in [0.2, 0.25) is 5.02 Å². The Morgan fingerprint density at radius 1 is 1.54 bits per heavy atom. The van der Waals surface area contributed by atoms with E-state index < -0.39 is 0 Å². The fourth-order valence-corrected chi connectivity index (χ4v) is 1.46.